The lowest BCUT2D eigenvalue weighted by Crippen LogP contribution is -2.36. The van der Waals surface area contributed by atoms with Crippen LogP contribution in [0.3, 0.4) is 0 Å². The van der Waals surface area contributed by atoms with Crippen LogP contribution in [0.15, 0.2) is 23.0 Å². The Kier molecular flexibility index (Phi) is 6.09. The third kappa shape index (κ3) is 3.98. The van der Waals surface area contributed by atoms with Crippen LogP contribution in [0.1, 0.15) is 92.4 Å². The zero-order valence-electron chi connectivity index (χ0n) is 19.3. The van der Waals surface area contributed by atoms with Gasteiger partial charge in [-0.3, -0.25) is 9.69 Å². The number of H-pyrrole nitrogens is 1. The van der Waals surface area contributed by atoms with Crippen molar-refractivity contribution in [2.75, 3.05) is 13.1 Å². The highest BCUT2D eigenvalue weighted by atomic mass is 16.1. The molecule has 2 aromatic heterocycles. The summed E-state index contributed by atoms with van der Waals surface area (Å²) in [5.41, 5.74) is 3.93. The van der Waals surface area contributed by atoms with Crippen molar-refractivity contribution in [3.8, 4) is 0 Å². The standard InChI is InChI=1S/C25H34N6O/c1-17-12-13-18(2)22-20(17)16-21(25(32)26-22)23(30-14-8-3-4-9-15-30)24-27-28-29-31(24)19-10-6-5-7-11-19/h12-13,16,19,23H,3-11,14-15H2,1-2H3,(H,26,32). The predicted octanol–water partition coefficient (Wildman–Crippen LogP) is 4.60. The fourth-order valence-corrected chi connectivity index (χ4v) is 5.61. The van der Waals surface area contributed by atoms with Gasteiger partial charge in [-0.25, -0.2) is 4.68 Å². The molecule has 2 aliphatic rings. The van der Waals surface area contributed by atoms with Crippen molar-refractivity contribution in [1.82, 2.24) is 30.1 Å². The smallest absolute Gasteiger partial charge is 0.253 e. The molecule has 0 radical (unpaired) electrons. The highest BCUT2D eigenvalue weighted by Crippen LogP contribution is 2.34. The lowest BCUT2D eigenvalue weighted by Gasteiger charge is -2.31. The van der Waals surface area contributed by atoms with Gasteiger partial charge in [0.05, 0.1) is 11.6 Å². The van der Waals surface area contributed by atoms with Gasteiger partial charge in [0.15, 0.2) is 5.82 Å². The topological polar surface area (TPSA) is 79.7 Å². The monoisotopic (exact) mass is 434 g/mol. The number of hydrogen-bond acceptors (Lipinski definition) is 5. The van der Waals surface area contributed by atoms with Gasteiger partial charge in [0.2, 0.25) is 0 Å². The maximum Gasteiger partial charge on any atom is 0.253 e. The molecule has 1 aromatic carbocycles. The SMILES string of the molecule is Cc1ccc(C)c2[nH]c(=O)c(C(c3nnnn3C3CCCCC3)N3CCCCCC3)cc12. The minimum Gasteiger partial charge on any atom is -0.321 e. The quantitative estimate of drug-likeness (QED) is 0.649. The van der Waals surface area contributed by atoms with Crippen LogP contribution in [-0.2, 0) is 0 Å². The van der Waals surface area contributed by atoms with E-state index in [9.17, 15) is 4.79 Å². The molecule has 3 aromatic rings. The fourth-order valence-electron chi connectivity index (χ4n) is 5.61. The lowest BCUT2D eigenvalue weighted by atomic mass is 9.94. The number of aromatic nitrogens is 5. The molecule has 1 N–H and O–H groups in total. The minimum absolute atomic E-state index is 0.0290. The van der Waals surface area contributed by atoms with Gasteiger partial charge < -0.3 is 4.98 Å². The second kappa shape index (κ2) is 9.14. The first kappa shape index (κ1) is 21.3. The van der Waals surface area contributed by atoms with Gasteiger partial charge in [-0.1, -0.05) is 44.2 Å². The Morgan fingerprint density at radius 1 is 0.969 bits per heavy atom. The Morgan fingerprint density at radius 2 is 1.66 bits per heavy atom. The highest BCUT2D eigenvalue weighted by Gasteiger charge is 2.33. The van der Waals surface area contributed by atoms with Gasteiger partial charge in [-0.05, 0) is 80.2 Å². The first-order valence-corrected chi connectivity index (χ1v) is 12.3. The number of tetrazole rings is 1. The van der Waals surface area contributed by atoms with Crippen LogP contribution in [0.2, 0.25) is 0 Å². The van der Waals surface area contributed by atoms with Gasteiger partial charge >= 0.3 is 0 Å². The van der Waals surface area contributed by atoms with Crippen LogP contribution in [-0.4, -0.2) is 43.2 Å². The van der Waals surface area contributed by atoms with E-state index in [4.69, 9.17) is 0 Å². The van der Waals surface area contributed by atoms with Crippen LogP contribution in [0.4, 0.5) is 0 Å². The van der Waals surface area contributed by atoms with Gasteiger partial charge in [0.25, 0.3) is 5.56 Å². The Balaban J connectivity index is 1.67. The van der Waals surface area contributed by atoms with Gasteiger partial charge in [-0.15, -0.1) is 5.10 Å². The third-order valence-corrected chi connectivity index (χ3v) is 7.46. The Labute approximate surface area is 189 Å². The molecule has 7 nitrogen and oxygen atoms in total. The summed E-state index contributed by atoms with van der Waals surface area (Å²) in [5, 5.41) is 14.2. The van der Waals surface area contributed by atoms with Crippen molar-refractivity contribution in [3.05, 3.63) is 51.1 Å². The van der Waals surface area contributed by atoms with Crippen molar-refractivity contribution in [2.45, 2.75) is 83.7 Å². The van der Waals surface area contributed by atoms with Crippen molar-refractivity contribution in [2.24, 2.45) is 0 Å². The summed E-state index contributed by atoms with van der Waals surface area (Å²) in [4.78, 5) is 19.1. The van der Waals surface area contributed by atoms with E-state index in [1.807, 2.05) is 11.6 Å². The molecule has 170 valence electrons. The molecule has 1 aliphatic heterocycles. The van der Waals surface area contributed by atoms with E-state index in [-0.39, 0.29) is 11.6 Å². The van der Waals surface area contributed by atoms with E-state index in [2.05, 4.69) is 50.5 Å². The molecule has 1 aliphatic carbocycles. The molecule has 2 fully saturated rings. The van der Waals surface area contributed by atoms with Crippen LogP contribution >= 0.6 is 0 Å². The summed E-state index contributed by atoms with van der Waals surface area (Å²) in [6, 6.07) is 6.41. The summed E-state index contributed by atoms with van der Waals surface area (Å²) in [5.74, 6) is 0.828. The molecule has 1 atom stereocenters. The predicted molar refractivity (Wildman–Crippen MR) is 126 cm³/mol. The molecule has 0 amide bonds. The van der Waals surface area contributed by atoms with Crippen molar-refractivity contribution in [1.29, 1.82) is 0 Å². The van der Waals surface area contributed by atoms with E-state index < -0.39 is 0 Å². The number of fused-ring (bicyclic) bond motifs is 1. The minimum atomic E-state index is -0.224. The van der Waals surface area contributed by atoms with E-state index >= 15 is 0 Å². The van der Waals surface area contributed by atoms with Gasteiger partial charge in [0.1, 0.15) is 6.04 Å². The zero-order valence-corrected chi connectivity index (χ0v) is 19.3. The normalized spacial score (nSPS) is 19.8. The van der Waals surface area contributed by atoms with Crippen molar-refractivity contribution in [3.63, 3.8) is 0 Å². The van der Waals surface area contributed by atoms with E-state index in [1.165, 1.54) is 37.7 Å². The molecule has 32 heavy (non-hydrogen) atoms. The summed E-state index contributed by atoms with van der Waals surface area (Å²) in [6.45, 7) is 6.09. The molecule has 0 bridgehead atoms. The number of hydrogen-bond donors (Lipinski definition) is 1. The second-order valence-corrected chi connectivity index (χ2v) is 9.67. The number of nitrogens with zero attached hydrogens (tertiary/aromatic N) is 5. The van der Waals surface area contributed by atoms with Crippen LogP contribution < -0.4 is 5.56 Å². The number of aryl methyl sites for hydroxylation is 2. The first-order valence-electron chi connectivity index (χ1n) is 12.3. The van der Waals surface area contributed by atoms with Crippen LogP contribution in [0, 0.1) is 13.8 Å². The van der Waals surface area contributed by atoms with E-state index in [0.717, 1.165) is 66.6 Å². The molecule has 7 heteroatoms. The maximum atomic E-state index is 13.5. The fraction of sp³-hybridized carbons (Fsp3) is 0.600. The molecule has 0 spiro atoms. The van der Waals surface area contributed by atoms with E-state index in [0.29, 0.717) is 6.04 Å². The molecular weight excluding hydrogens is 400 g/mol. The second-order valence-electron chi connectivity index (χ2n) is 9.67. The lowest BCUT2D eigenvalue weighted by molar-refractivity contribution is 0.210. The first-order chi connectivity index (χ1) is 15.6. The van der Waals surface area contributed by atoms with Gasteiger partial charge in [-0.2, -0.15) is 0 Å². The molecule has 1 saturated carbocycles. The molecule has 1 saturated heterocycles. The van der Waals surface area contributed by atoms with Crippen molar-refractivity contribution < 1.29 is 0 Å². The largest absolute Gasteiger partial charge is 0.321 e. The number of nitrogens with one attached hydrogen (secondary N) is 1. The average molecular weight is 435 g/mol. The molecule has 1 unspecified atom stereocenters. The summed E-state index contributed by atoms with van der Waals surface area (Å²) in [6.07, 6.45) is 10.7. The number of benzene rings is 1. The molecule has 3 heterocycles. The summed E-state index contributed by atoms with van der Waals surface area (Å²) >= 11 is 0. The Morgan fingerprint density at radius 3 is 2.41 bits per heavy atom. The summed E-state index contributed by atoms with van der Waals surface area (Å²) in [7, 11) is 0. The maximum absolute atomic E-state index is 13.5. The molecular formula is C25H34N6O. The molecule has 5 rings (SSSR count). The van der Waals surface area contributed by atoms with Crippen molar-refractivity contribution >= 4 is 10.9 Å². The number of rotatable bonds is 4. The summed E-state index contributed by atoms with van der Waals surface area (Å²) < 4.78 is 2.04. The zero-order chi connectivity index (χ0) is 22.1. The highest BCUT2D eigenvalue weighted by molar-refractivity contribution is 5.85. The van der Waals surface area contributed by atoms with E-state index in [1.54, 1.807) is 0 Å². The Hall–Kier alpha value is -2.54. The average Bonchev–Trinajstić information content (AvgIpc) is 3.13. The number of aromatic amines is 1. The van der Waals surface area contributed by atoms with Crippen LogP contribution in [0.5, 0.6) is 0 Å². The van der Waals surface area contributed by atoms with Crippen LogP contribution in [0.25, 0.3) is 10.9 Å². The third-order valence-electron chi connectivity index (χ3n) is 7.46. The number of pyridine rings is 1. The Bertz CT molecular complexity index is 1140. The number of likely N-dealkylation sites (tertiary alicyclic amines) is 1. The van der Waals surface area contributed by atoms with Gasteiger partial charge in [0, 0.05) is 10.9 Å².